The van der Waals surface area contributed by atoms with Crippen molar-refractivity contribution in [1.82, 2.24) is 20.0 Å². The molecule has 6 nitrogen and oxygen atoms in total. The molecule has 0 unspecified atom stereocenters. The number of pyridine rings is 1. The van der Waals surface area contributed by atoms with Gasteiger partial charge in [0.25, 0.3) is 0 Å². The zero-order valence-corrected chi connectivity index (χ0v) is 12.8. The highest BCUT2D eigenvalue weighted by Crippen LogP contribution is 2.36. The molecule has 3 heterocycles. The summed E-state index contributed by atoms with van der Waals surface area (Å²) in [6.45, 7) is 5.22. The lowest BCUT2D eigenvalue weighted by molar-refractivity contribution is 0.0559. The Morgan fingerprint density at radius 2 is 2.24 bits per heavy atom. The Labute approximate surface area is 128 Å². The smallest absolute Gasteiger partial charge is 0.129 e. The molecule has 0 aromatic carbocycles. The monoisotopic (exact) mass is 307 g/mol. The normalized spacial score (nSPS) is 22.2. The van der Waals surface area contributed by atoms with Crippen LogP contribution in [0.2, 0.25) is 5.02 Å². The number of aliphatic hydroxyl groups is 1. The van der Waals surface area contributed by atoms with Crippen molar-refractivity contribution in [3.05, 3.63) is 35.4 Å². The molecule has 3 rings (SSSR count). The molecule has 2 aromatic heterocycles. The van der Waals surface area contributed by atoms with E-state index in [0.717, 1.165) is 12.2 Å². The maximum absolute atomic E-state index is 10.9. The van der Waals surface area contributed by atoms with Gasteiger partial charge in [-0.25, -0.2) is 4.68 Å². The van der Waals surface area contributed by atoms with Crippen LogP contribution in [0.1, 0.15) is 32.0 Å². The molecule has 0 spiro atoms. The summed E-state index contributed by atoms with van der Waals surface area (Å²) in [5, 5.41) is 19.7. The average Bonchev–Trinajstić information content (AvgIpc) is 3.07. The summed E-state index contributed by atoms with van der Waals surface area (Å²) in [6.07, 6.45) is 5.74. The van der Waals surface area contributed by atoms with Gasteiger partial charge in [-0.1, -0.05) is 16.8 Å². The molecule has 0 bridgehead atoms. The zero-order chi connectivity index (χ0) is 15.0. The Bertz CT molecular complexity index is 644. The van der Waals surface area contributed by atoms with Crippen LogP contribution in [0.3, 0.4) is 0 Å². The second-order valence-electron chi connectivity index (χ2n) is 5.71. The van der Waals surface area contributed by atoms with Gasteiger partial charge in [0.1, 0.15) is 11.3 Å². The van der Waals surface area contributed by atoms with Crippen molar-refractivity contribution in [2.24, 2.45) is 0 Å². The lowest BCUT2D eigenvalue weighted by Crippen LogP contribution is -2.31. The Balaban J connectivity index is 1.83. The Hall–Kier alpha value is -1.66. The number of halogens is 1. The highest BCUT2D eigenvalue weighted by Gasteiger charge is 2.40. The molecular formula is C14H18ClN5O. The first kappa shape index (κ1) is 14.3. The van der Waals surface area contributed by atoms with Crippen LogP contribution in [0.25, 0.3) is 0 Å². The van der Waals surface area contributed by atoms with Crippen LogP contribution in [0.15, 0.2) is 24.7 Å². The topological polar surface area (TPSA) is 67.1 Å². The van der Waals surface area contributed by atoms with E-state index in [2.05, 4.69) is 20.2 Å². The minimum absolute atomic E-state index is 0.224. The first-order chi connectivity index (χ1) is 9.99. The third-order valence-electron chi connectivity index (χ3n) is 3.86. The highest BCUT2D eigenvalue weighted by atomic mass is 35.5. The number of anilines is 1. The lowest BCUT2D eigenvalue weighted by atomic mass is 10.00. The summed E-state index contributed by atoms with van der Waals surface area (Å²) in [5.74, 6) is 0. The van der Waals surface area contributed by atoms with Gasteiger partial charge in [-0.05, 0) is 19.9 Å². The molecule has 1 saturated heterocycles. The first-order valence-electron chi connectivity index (χ1n) is 6.99. The minimum atomic E-state index is -0.986. The van der Waals surface area contributed by atoms with Gasteiger partial charge in [-0.15, -0.1) is 5.10 Å². The van der Waals surface area contributed by atoms with Crippen molar-refractivity contribution < 1.29 is 5.11 Å². The SMILES string of the molecule is CC(C)n1cc([C@@]2(O)CCN(c3ccncc3Cl)C2)nn1. The summed E-state index contributed by atoms with van der Waals surface area (Å²) in [7, 11) is 0. The molecule has 0 aliphatic carbocycles. The maximum Gasteiger partial charge on any atom is 0.129 e. The third kappa shape index (κ3) is 2.61. The molecule has 0 amide bonds. The molecule has 2 aromatic rings. The quantitative estimate of drug-likeness (QED) is 0.939. The summed E-state index contributed by atoms with van der Waals surface area (Å²) in [5.41, 5.74) is 0.516. The van der Waals surface area contributed by atoms with Gasteiger partial charge in [-0.2, -0.15) is 0 Å². The highest BCUT2D eigenvalue weighted by molar-refractivity contribution is 6.33. The van der Waals surface area contributed by atoms with Crippen LogP contribution in [-0.2, 0) is 5.60 Å². The van der Waals surface area contributed by atoms with Gasteiger partial charge in [-0.3, -0.25) is 4.98 Å². The lowest BCUT2D eigenvalue weighted by Gasteiger charge is -2.23. The predicted molar refractivity (Wildman–Crippen MR) is 80.4 cm³/mol. The number of hydrogen-bond donors (Lipinski definition) is 1. The molecule has 0 saturated carbocycles. The number of rotatable bonds is 3. The molecule has 1 aliphatic heterocycles. The van der Waals surface area contributed by atoms with E-state index in [1.807, 2.05) is 26.1 Å². The van der Waals surface area contributed by atoms with Gasteiger partial charge >= 0.3 is 0 Å². The van der Waals surface area contributed by atoms with Crippen LogP contribution < -0.4 is 4.90 Å². The van der Waals surface area contributed by atoms with Gasteiger partial charge in [0.05, 0.1) is 23.5 Å². The van der Waals surface area contributed by atoms with E-state index in [4.69, 9.17) is 11.6 Å². The summed E-state index contributed by atoms with van der Waals surface area (Å²) < 4.78 is 1.76. The Morgan fingerprint density at radius 1 is 1.43 bits per heavy atom. The number of nitrogens with zero attached hydrogens (tertiary/aromatic N) is 5. The summed E-state index contributed by atoms with van der Waals surface area (Å²) >= 11 is 6.17. The standard InChI is InChI=1S/C14H18ClN5O/c1-10(2)20-8-13(17-18-20)14(21)4-6-19(9-14)12-3-5-16-7-11(12)15/h3,5,7-8,10,21H,4,6,9H2,1-2H3/t14-/m1/s1. The van der Waals surface area contributed by atoms with Crippen LogP contribution >= 0.6 is 11.6 Å². The summed E-state index contributed by atoms with van der Waals surface area (Å²) in [6, 6.07) is 2.08. The van der Waals surface area contributed by atoms with E-state index in [0.29, 0.717) is 23.7 Å². The van der Waals surface area contributed by atoms with Crippen molar-refractivity contribution in [2.75, 3.05) is 18.0 Å². The molecule has 1 atom stereocenters. The van der Waals surface area contributed by atoms with Crippen LogP contribution in [-0.4, -0.2) is 38.2 Å². The largest absolute Gasteiger partial charge is 0.381 e. The average molecular weight is 308 g/mol. The molecule has 112 valence electrons. The molecule has 1 N–H and O–H groups in total. The second kappa shape index (κ2) is 5.27. The van der Waals surface area contributed by atoms with Crippen LogP contribution in [0, 0.1) is 0 Å². The van der Waals surface area contributed by atoms with Crippen molar-refractivity contribution in [3.63, 3.8) is 0 Å². The van der Waals surface area contributed by atoms with Gasteiger partial charge in [0, 0.05) is 31.4 Å². The van der Waals surface area contributed by atoms with Crippen molar-refractivity contribution in [3.8, 4) is 0 Å². The van der Waals surface area contributed by atoms with Crippen LogP contribution in [0.4, 0.5) is 5.69 Å². The molecule has 0 radical (unpaired) electrons. The number of β-amino-alcohol motifs (C(OH)–C–C–N with tert-alkyl or cyclic N) is 1. The predicted octanol–water partition coefficient (Wildman–Crippen LogP) is 2.01. The molecule has 21 heavy (non-hydrogen) atoms. The fourth-order valence-electron chi connectivity index (χ4n) is 2.58. The third-order valence-corrected chi connectivity index (χ3v) is 4.15. The van der Waals surface area contributed by atoms with Gasteiger partial charge in [0.2, 0.25) is 0 Å². The Kier molecular flexibility index (Phi) is 3.59. The molecule has 1 fully saturated rings. The van der Waals surface area contributed by atoms with E-state index < -0.39 is 5.60 Å². The van der Waals surface area contributed by atoms with Crippen LogP contribution in [0.5, 0.6) is 0 Å². The van der Waals surface area contributed by atoms with E-state index in [1.54, 1.807) is 17.1 Å². The fourth-order valence-corrected chi connectivity index (χ4v) is 2.81. The zero-order valence-electron chi connectivity index (χ0n) is 12.1. The number of hydrogen-bond acceptors (Lipinski definition) is 5. The number of aromatic nitrogens is 4. The molecule has 1 aliphatic rings. The van der Waals surface area contributed by atoms with E-state index >= 15 is 0 Å². The van der Waals surface area contributed by atoms with Crippen molar-refractivity contribution in [1.29, 1.82) is 0 Å². The second-order valence-corrected chi connectivity index (χ2v) is 6.11. The van der Waals surface area contributed by atoms with E-state index in [-0.39, 0.29) is 6.04 Å². The van der Waals surface area contributed by atoms with Crippen molar-refractivity contribution in [2.45, 2.75) is 31.9 Å². The molecular weight excluding hydrogens is 290 g/mol. The van der Waals surface area contributed by atoms with E-state index in [1.165, 1.54) is 0 Å². The summed E-state index contributed by atoms with van der Waals surface area (Å²) in [4.78, 5) is 6.04. The van der Waals surface area contributed by atoms with Gasteiger partial charge in [0.15, 0.2) is 0 Å². The van der Waals surface area contributed by atoms with Crippen molar-refractivity contribution >= 4 is 17.3 Å². The molecule has 7 heteroatoms. The minimum Gasteiger partial charge on any atom is -0.381 e. The van der Waals surface area contributed by atoms with E-state index in [9.17, 15) is 5.11 Å². The fraction of sp³-hybridized carbons (Fsp3) is 0.500. The Morgan fingerprint density at radius 3 is 2.90 bits per heavy atom. The maximum atomic E-state index is 10.9. The first-order valence-corrected chi connectivity index (χ1v) is 7.36. The van der Waals surface area contributed by atoms with Gasteiger partial charge < -0.3 is 10.0 Å².